The Balaban J connectivity index is 2.82. The van der Waals surface area contributed by atoms with Crippen LogP contribution in [0.1, 0.15) is 45.9 Å². The fourth-order valence-electron chi connectivity index (χ4n) is 1.95. The Morgan fingerprint density at radius 2 is 1.95 bits per heavy atom. The molecular formula is C17H31N3O. The number of hydrogen-bond acceptors (Lipinski definition) is 4. The Hall–Kier alpha value is -1.13. The minimum Gasteiger partial charge on any atom is -0.383 e. The second-order valence-electron chi connectivity index (χ2n) is 6.94. The minimum absolute atomic E-state index is 0.0474. The average molecular weight is 293 g/mol. The van der Waals surface area contributed by atoms with E-state index in [0.717, 1.165) is 31.1 Å². The van der Waals surface area contributed by atoms with Crippen molar-refractivity contribution in [3.63, 3.8) is 0 Å². The molecule has 1 heterocycles. The van der Waals surface area contributed by atoms with Crippen LogP contribution < -0.4 is 10.6 Å². The van der Waals surface area contributed by atoms with E-state index in [4.69, 9.17) is 9.72 Å². The van der Waals surface area contributed by atoms with E-state index in [-0.39, 0.29) is 5.41 Å². The van der Waals surface area contributed by atoms with Crippen LogP contribution in [0.15, 0.2) is 12.1 Å². The van der Waals surface area contributed by atoms with Crippen LogP contribution in [0.3, 0.4) is 0 Å². The number of pyridine rings is 1. The molecule has 0 saturated heterocycles. The van der Waals surface area contributed by atoms with Crippen LogP contribution in [0.25, 0.3) is 0 Å². The highest BCUT2D eigenvalue weighted by atomic mass is 16.5. The summed E-state index contributed by atoms with van der Waals surface area (Å²) in [6.45, 7) is 14.4. The van der Waals surface area contributed by atoms with Gasteiger partial charge in [-0.25, -0.2) is 4.98 Å². The van der Waals surface area contributed by atoms with Crippen molar-refractivity contribution in [3.05, 3.63) is 23.4 Å². The zero-order valence-electron chi connectivity index (χ0n) is 14.4. The Kier molecular flexibility index (Phi) is 7.12. The lowest BCUT2D eigenvalue weighted by Gasteiger charge is -2.20. The maximum atomic E-state index is 5.08. The molecule has 0 aliphatic heterocycles. The lowest BCUT2D eigenvalue weighted by atomic mass is 9.90. The Labute approximate surface area is 129 Å². The summed E-state index contributed by atoms with van der Waals surface area (Å²) in [6.07, 6.45) is 0. The molecule has 0 aromatic carbocycles. The third-order valence-corrected chi connectivity index (χ3v) is 3.15. The van der Waals surface area contributed by atoms with Crippen molar-refractivity contribution < 1.29 is 4.74 Å². The van der Waals surface area contributed by atoms with Gasteiger partial charge in [0.15, 0.2) is 0 Å². The first-order valence-electron chi connectivity index (χ1n) is 7.78. The normalized spacial score (nSPS) is 12.0. The number of ether oxygens (including phenoxy) is 1. The van der Waals surface area contributed by atoms with Crippen molar-refractivity contribution in [3.8, 4) is 0 Å². The average Bonchev–Trinajstić information content (AvgIpc) is 2.37. The van der Waals surface area contributed by atoms with Crippen molar-refractivity contribution in [1.29, 1.82) is 0 Å². The molecule has 120 valence electrons. The lowest BCUT2D eigenvalue weighted by Crippen LogP contribution is -2.21. The second-order valence-corrected chi connectivity index (χ2v) is 6.94. The van der Waals surface area contributed by atoms with Crippen molar-refractivity contribution in [2.24, 2.45) is 5.92 Å². The van der Waals surface area contributed by atoms with Gasteiger partial charge in [0, 0.05) is 31.3 Å². The first kappa shape index (κ1) is 17.9. The molecule has 4 nitrogen and oxygen atoms in total. The SMILES string of the molecule is COCCNc1cc(CNCC(C)C)cc(C(C)(C)C)n1. The summed E-state index contributed by atoms with van der Waals surface area (Å²) >= 11 is 0. The van der Waals surface area contributed by atoms with Gasteiger partial charge in [-0.2, -0.15) is 0 Å². The van der Waals surface area contributed by atoms with Crippen LogP contribution in [0, 0.1) is 5.92 Å². The molecule has 4 heteroatoms. The summed E-state index contributed by atoms with van der Waals surface area (Å²) in [5.74, 6) is 1.59. The topological polar surface area (TPSA) is 46.2 Å². The maximum Gasteiger partial charge on any atom is 0.126 e. The Bertz CT molecular complexity index is 425. The summed E-state index contributed by atoms with van der Waals surface area (Å²) in [5.41, 5.74) is 2.44. The fraction of sp³-hybridized carbons (Fsp3) is 0.706. The third-order valence-electron chi connectivity index (χ3n) is 3.15. The number of methoxy groups -OCH3 is 1. The van der Waals surface area contributed by atoms with Gasteiger partial charge in [-0.3, -0.25) is 0 Å². The summed E-state index contributed by atoms with van der Waals surface area (Å²) in [5, 5.41) is 6.83. The van der Waals surface area contributed by atoms with Crippen LogP contribution >= 0.6 is 0 Å². The van der Waals surface area contributed by atoms with E-state index in [1.54, 1.807) is 7.11 Å². The molecule has 0 radical (unpaired) electrons. The molecule has 0 amide bonds. The standard InChI is InChI=1S/C17H31N3O/c1-13(2)11-18-12-14-9-15(17(3,4)5)20-16(10-14)19-7-8-21-6/h9-10,13,18H,7-8,11-12H2,1-6H3,(H,19,20). The van der Waals surface area contributed by atoms with Gasteiger partial charge in [0.2, 0.25) is 0 Å². The molecule has 21 heavy (non-hydrogen) atoms. The van der Waals surface area contributed by atoms with Gasteiger partial charge in [-0.15, -0.1) is 0 Å². The van der Waals surface area contributed by atoms with E-state index >= 15 is 0 Å². The number of rotatable bonds is 8. The molecule has 1 aromatic heterocycles. The number of nitrogens with one attached hydrogen (secondary N) is 2. The predicted octanol–water partition coefficient (Wildman–Crippen LogP) is 3.18. The van der Waals surface area contributed by atoms with Gasteiger partial charge in [-0.1, -0.05) is 34.6 Å². The van der Waals surface area contributed by atoms with Crippen LogP contribution in [0.5, 0.6) is 0 Å². The zero-order chi connectivity index (χ0) is 15.9. The van der Waals surface area contributed by atoms with E-state index in [9.17, 15) is 0 Å². The molecule has 0 spiro atoms. The number of nitrogens with zero attached hydrogens (tertiary/aromatic N) is 1. The molecule has 0 bridgehead atoms. The highest BCUT2D eigenvalue weighted by molar-refractivity contribution is 5.41. The molecule has 1 aromatic rings. The minimum atomic E-state index is 0.0474. The predicted molar refractivity (Wildman–Crippen MR) is 89.8 cm³/mol. The fourth-order valence-corrected chi connectivity index (χ4v) is 1.95. The van der Waals surface area contributed by atoms with E-state index in [2.05, 4.69) is 57.4 Å². The van der Waals surface area contributed by atoms with Crippen molar-refractivity contribution in [2.45, 2.75) is 46.6 Å². The zero-order valence-corrected chi connectivity index (χ0v) is 14.4. The molecule has 0 atom stereocenters. The van der Waals surface area contributed by atoms with Crippen LogP contribution in [-0.4, -0.2) is 31.8 Å². The Morgan fingerprint density at radius 1 is 1.24 bits per heavy atom. The number of anilines is 1. The van der Waals surface area contributed by atoms with Gasteiger partial charge in [0.1, 0.15) is 5.82 Å². The molecule has 0 aliphatic carbocycles. The maximum absolute atomic E-state index is 5.08. The van der Waals surface area contributed by atoms with Crippen LogP contribution in [-0.2, 0) is 16.7 Å². The Morgan fingerprint density at radius 3 is 2.52 bits per heavy atom. The molecular weight excluding hydrogens is 262 g/mol. The summed E-state index contributed by atoms with van der Waals surface area (Å²) in [6, 6.07) is 4.33. The van der Waals surface area contributed by atoms with Gasteiger partial charge in [-0.05, 0) is 30.2 Å². The summed E-state index contributed by atoms with van der Waals surface area (Å²) in [7, 11) is 1.71. The van der Waals surface area contributed by atoms with E-state index in [0.29, 0.717) is 12.5 Å². The second kappa shape index (κ2) is 8.35. The molecule has 0 unspecified atom stereocenters. The molecule has 0 aliphatic rings. The van der Waals surface area contributed by atoms with E-state index < -0.39 is 0 Å². The molecule has 1 rings (SSSR count). The van der Waals surface area contributed by atoms with Crippen LogP contribution in [0.4, 0.5) is 5.82 Å². The van der Waals surface area contributed by atoms with Gasteiger partial charge < -0.3 is 15.4 Å². The smallest absolute Gasteiger partial charge is 0.126 e. The van der Waals surface area contributed by atoms with Crippen molar-refractivity contribution >= 4 is 5.82 Å². The van der Waals surface area contributed by atoms with E-state index in [1.807, 2.05) is 0 Å². The third kappa shape index (κ3) is 6.91. The highest BCUT2D eigenvalue weighted by Crippen LogP contribution is 2.23. The first-order valence-corrected chi connectivity index (χ1v) is 7.78. The van der Waals surface area contributed by atoms with Gasteiger partial charge in [0.25, 0.3) is 0 Å². The van der Waals surface area contributed by atoms with Crippen molar-refractivity contribution in [1.82, 2.24) is 10.3 Å². The quantitative estimate of drug-likeness (QED) is 0.723. The van der Waals surface area contributed by atoms with Gasteiger partial charge >= 0.3 is 0 Å². The van der Waals surface area contributed by atoms with Crippen molar-refractivity contribution in [2.75, 3.05) is 32.1 Å². The summed E-state index contributed by atoms with van der Waals surface area (Å²) in [4.78, 5) is 4.73. The first-order chi connectivity index (χ1) is 9.82. The summed E-state index contributed by atoms with van der Waals surface area (Å²) < 4.78 is 5.08. The lowest BCUT2D eigenvalue weighted by molar-refractivity contribution is 0.210. The van der Waals surface area contributed by atoms with Gasteiger partial charge in [0.05, 0.1) is 6.61 Å². The number of hydrogen-bond donors (Lipinski definition) is 2. The largest absolute Gasteiger partial charge is 0.383 e. The number of aromatic nitrogens is 1. The van der Waals surface area contributed by atoms with Crippen LogP contribution in [0.2, 0.25) is 0 Å². The monoisotopic (exact) mass is 293 g/mol. The van der Waals surface area contributed by atoms with E-state index in [1.165, 1.54) is 5.56 Å². The molecule has 0 saturated carbocycles. The molecule has 0 fully saturated rings. The highest BCUT2D eigenvalue weighted by Gasteiger charge is 2.17. The molecule has 2 N–H and O–H groups in total.